The molecule has 4 aromatic rings. The number of benzene rings is 1. The lowest BCUT2D eigenvalue weighted by atomic mass is 10.1. The monoisotopic (exact) mass is 653 g/mol. The fraction of sp³-hybridized carbons (Fsp3) is 0.258. The number of amides is 1. The predicted octanol–water partition coefficient (Wildman–Crippen LogP) is 4.95. The van der Waals surface area contributed by atoms with Crippen molar-refractivity contribution in [1.29, 1.82) is 0 Å². The first-order chi connectivity index (χ1) is 21.7. The van der Waals surface area contributed by atoms with Crippen LogP contribution in [-0.2, 0) is 22.7 Å². The molecule has 0 unspecified atom stereocenters. The zero-order valence-corrected chi connectivity index (χ0v) is 25.7. The highest BCUT2D eigenvalue weighted by Crippen LogP contribution is 2.40. The summed E-state index contributed by atoms with van der Waals surface area (Å²) in [5.74, 6) is -1.25. The van der Waals surface area contributed by atoms with E-state index < -0.39 is 11.8 Å². The number of pyridine rings is 3. The van der Waals surface area contributed by atoms with Gasteiger partial charge in [-0.2, -0.15) is 0 Å². The van der Waals surface area contributed by atoms with E-state index in [1.54, 1.807) is 37.6 Å². The van der Waals surface area contributed by atoms with E-state index in [2.05, 4.69) is 36.2 Å². The summed E-state index contributed by atoms with van der Waals surface area (Å²) in [5, 5.41) is 21.2. The Morgan fingerprint density at radius 2 is 1.84 bits per heavy atom. The van der Waals surface area contributed by atoms with Crippen LogP contribution in [0.15, 0.2) is 54.9 Å². The Balaban J connectivity index is 1.36. The molecule has 0 aliphatic carbocycles. The van der Waals surface area contributed by atoms with Gasteiger partial charge in [0.05, 0.1) is 40.8 Å². The van der Waals surface area contributed by atoms with Gasteiger partial charge in [-0.15, -0.1) is 0 Å². The molecule has 0 bridgehead atoms. The number of hydrogen-bond acceptors (Lipinski definition) is 9. The van der Waals surface area contributed by atoms with Crippen LogP contribution in [0.2, 0.25) is 10.0 Å². The molecule has 0 saturated carbocycles. The number of aliphatic carboxylic acids is 1. The number of carboxylic acid groups (broad SMARTS) is 1. The molecular formula is C31H30Cl2FN7O4. The quantitative estimate of drug-likeness (QED) is 0.134. The lowest BCUT2D eigenvalue weighted by molar-refractivity contribution is -0.136. The van der Waals surface area contributed by atoms with Crippen molar-refractivity contribution in [3.8, 4) is 28.4 Å². The van der Waals surface area contributed by atoms with Crippen molar-refractivity contribution in [2.75, 3.05) is 25.5 Å². The SMILES string of the molecule is COc1nc(-c2ccnc(-c3cccc(Nc4nccc(CNCC(=O)O)c4F)c3Cl)c2Cl)ccc1CNC[C@H]1CCC(=O)N1. The first kappa shape index (κ1) is 32.0. The number of carbonyl (C=O) groups is 2. The second-order valence-corrected chi connectivity index (χ2v) is 11.0. The van der Waals surface area contributed by atoms with Gasteiger partial charge in [0.1, 0.15) is 0 Å². The van der Waals surface area contributed by atoms with Crippen molar-refractivity contribution in [3.05, 3.63) is 81.8 Å². The van der Waals surface area contributed by atoms with Crippen LogP contribution in [0, 0.1) is 5.82 Å². The van der Waals surface area contributed by atoms with Gasteiger partial charge >= 0.3 is 5.97 Å². The van der Waals surface area contributed by atoms with E-state index in [-0.39, 0.29) is 41.4 Å². The predicted molar refractivity (Wildman–Crippen MR) is 169 cm³/mol. The molecule has 234 valence electrons. The van der Waals surface area contributed by atoms with Gasteiger partial charge in [-0.25, -0.2) is 14.4 Å². The highest BCUT2D eigenvalue weighted by Gasteiger charge is 2.21. The zero-order valence-electron chi connectivity index (χ0n) is 24.2. The fourth-order valence-corrected chi connectivity index (χ4v) is 5.49. The summed E-state index contributed by atoms with van der Waals surface area (Å²) in [6.45, 7) is 0.844. The van der Waals surface area contributed by atoms with Crippen LogP contribution in [0.25, 0.3) is 22.5 Å². The third-order valence-corrected chi connectivity index (χ3v) is 7.95. The van der Waals surface area contributed by atoms with E-state index in [9.17, 15) is 9.59 Å². The largest absolute Gasteiger partial charge is 0.481 e. The summed E-state index contributed by atoms with van der Waals surface area (Å²) >= 11 is 13.7. The molecule has 1 atom stereocenters. The molecule has 1 amide bonds. The van der Waals surface area contributed by atoms with Gasteiger partial charge in [0, 0.05) is 66.7 Å². The minimum absolute atomic E-state index is 0.00580. The third kappa shape index (κ3) is 7.66. The number of methoxy groups -OCH3 is 1. The van der Waals surface area contributed by atoms with E-state index in [0.29, 0.717) is 58.6 Å². The van der Waals surface area contributed by atoms with Crippen LogP contribution >= 0.6 is 23.2 Å². The maximum Gasteiger partial charge on any atom is 0.317 e. The van der Waals surface area contributed by atoms with Crippen LogP contribution in [0.1, 0.15) is 24.0 Å². The van der Waals surface area contributed by atoms with Crippen LogP contribution in [-0.4, -0.2) is 58.2 Å². The number of carboxylic acids is 1. The van der Waals surface area contributed by atoms with Crippen molar-refractivity contribution in [1.82, 2.24) is 30.9 Å². The molecule has 5 rings (SSSR count). The normalized spacial score (nSPS) is 14.3. The molecular weight excluding hydrogens is 624 g/mol. The van der Waals surface area contributed by atoms with E-state index in [4.69, 9.17) is 33.0 Å². The van der Waals surface area contributed by atoms with Gasteiger partial charge in [-0.3, -0.25) is 14.6 Å². The summed E-state index contributed by atoms with van der Waals surface area (Å²) in [4.78, 5) is 35.5. The summed E-state index contributed by atoms with van der Waals surface area (Å²) < 4.78 is 20.7. The molecule has 1 aliphatic heterocycles. The first-order valence-electron chi connectivity index (χ1n) is 14.1. The van der Waals surface area contributed by atoms with E-state index in [0.717, 1.165) is 12.0 Å². The number of anilines is 2. The Morgan fingerprint density at radius 3 is 2.60 bits per heavy atom. The van der Waals surface area contributed by atoms with Crippen molar-refractivity contribution in [2.24, 2.45) is 0 Å². The summed E-state index contributed by atoms with van der Waals surface area (Å²) in [5.41, 5.74) is 3.53. The minimum Gasteiger partial charge on any atom is -0.481 e. The Labute approximate surface area is 268 Å². The summed E-state index contributed by atoms with van der Waals surface area (Å²) in [7, 11) is 1.55. The average molecular weight is 655 g/mol. The van der Waals surface area contributed by atoms with E-state index >= 15 is 4.39 Å². The molecule has 1 fully saturated rings. The molecule has 4 heterocycles. The molecule has 1 aliphatic rings. The van der Waals surface area contributed by atoms with E-state index in [1.807, 2.05) is 12.1 Å². The fourth-order valence-electron chi connectivity index (χ4n) is 4.92. The second-order valence-electron chi connectivity index (χ2n) is 10.2. The maximum atomic E-state index is 15.2. The number of aromatic nitrogens is 3. The van der Waals surface area contributed by atoms with Crippen molar-refractivity contribution < 1.29 is 23.8 Å². The lowest BCUT2D eigenvalue weighted by Gasteiger charge is -2.16. The third-order valence-electron chi connectivity index (χ3n) is 7.16. The number of rotatable bonds is 13. The van der Waals surface area contributed by atoms with Gasteiger partial charge in [-0.05, 0) is 30.7 Å². The molecule has 5 N–H and O–H groups in total. The number of hydrogen-bond donors (Lipinski definition) is 5. The van der Waals surface area contributed by atoms with Gasteiger partial charge in [0.15, 0.2) is 11.6 Å². The molecule has 0 radical (unpaired) electrons. The zero-order chi connectivity index (χ0) is 31.9. The second kappa shape index (κ2) is 14.6. The summed E-state index contributed by atoms with van der Waals surface area (Å²) in [6, 6.07) is 12.2. The van der Waals surface area contributed by atoms with Crippen molar-refractivity contribution in [2.45, 2.75) is 32.0 Å². The van der Waals surface area contributed by atoms with Crippen LogP contribution in [0.5, 0.6) is 5.88 Å². The van der Waals surface area contributed by atoms with Crippen molar-refractivity contribution >= 4 is 46.6 Å². The first-order valence-corrected chi connectivity index (χ1v) is 14.8. The smallest absolute Gasteiger partial charge is 0.317 e. The number of nitrogens with one attached hydrogen (secondary N) is 4. The molecule has 14 heteroatoms. The molecule has 3 aromatic heterocycles. The number of halogens is 3. The molecule has 1 saturated heterocycles. The number of ether oxygens (including phenoxy) is 1. The Morgan fingerprint density at radius 1 is 1.04 bits per heavy atom. The standard InChI is InChI=1S/C31H30Cl2FN7O4/c1-45-31-18(14-35-15-19-6-8-24(42)39-19)5-7-22(41-31)20-10-12-37-29(27(20)33)21-3-2-4-23(26(21)32)40-30-28(34)17(9-11-38-30)13-36-16-25(43)44/h2-5,7,9-12,19,35-36H,6,8,13-16H2,1H3,(H,38,40)(H,39,42)(H,43,44)/t19-/m1/s1. The number of carbonyl (C=O) groups excluding carboxylic acids is 1. The van der Waals surface area contributed by atoms with Crippen LogP contribution < -0.4 is 26.0 Å². The Bertz CT molecular complexity index is 1730. The summed E-state index contributed by atoms with van der Waals surface area (Å²) in [6.07, 6.45) is 4.37. The van der Waals surface area contributed by atoms with E-state index in [1.165, 1.54) is 12.3 Å². The lowest BCUT2D eigenvalue weighted by Crippen LogP contribution is -2.35. The number of nitrogens with zero attached hydrogens (tertiary/aromatic N) is 3. The van der Waals surface area contributed by atoms with Crippen molar-refractivity contribution in [3.63, 3.8) is 0 Å². The van der Waals surface area contributed by atoms with Crippen LogP contribution in [0.3, 0.4) is 0 Å². The topological polar surface area (TPSA) is 150 Å². The van der Waals surface area contributed by atoms with Crippen LogP contribution in [0.4, 0.5) is 15.9 Å². The molecule has 0 spiro atoms. The Hall–Kier alpha value is -4.36. The molecule has 11 nitrogen and oxygen atoms in total. The molecule has 45 heavy (non-hydrogen) atoms. The minimum atomic E-state index is -1.05. The van der Waals surface area contributed by atoms with Gasteiger partial charge in [-0.1, -0.05) is 41.4 Å². The van der Waals surface area contributed by atoms with Gasteiger partial charge in [0.25, 0.3) is 0 Å². The maximum absolute atomic E-state index is 15.2. The Kier molecular flexibility index (Phi) is 10.4. The van der Waals surface area contributed by atoms with Gasteiger partial charge in [0.2, 0.25) is 11.8 Å². The van der Waals surface area contributed by atoms with Gasteiger partial charge < -0.3 is 31.1 Å². The average Bonchev–Trinajstić information content (AvgIpc) is 3.45. The highest BCUT2D eigenvalue weighted by atomic mass is 35.5. The molecule has 1 aromatic carbocycles. The highest BCUT2D eigenvalue weighted by molar-refractivity contribution is 6.39.